The number of carbonyl (C=O) groups is 2. The molecular formula is C42H44O10. The molecule has 2 aromatic carbocycles. The van der Waals surface area contributed by atoms with Gasteiger partial charge in [0.2, 0.25) is 0 Å². The van der Waals surface area contributed by atoms with Gasteiger partial charge in [-0.15, -0.1) is 0 Å². The quantitative estimate of drug-likeness (QED) is 0.0980. The summed E-state index contributed by atoms with van der Waals surface area (Å²) in [7, 11) is 0. The number of phenols is 4. The average Bonchev–Trinajstić information content (AvgIpc) is 3.03. The fourth-order valence-corrected chi connectivity index (χ4v) is 9.93. The van der Waals surface area contributed by atoms with Crippen LogP contribution in [0.3, 0.4) is 0 Å². The Morgan fingerprint density at radius 1 is 0.923 bits per heavy atom. The minimum absolute atomic E-state index is 0.0595. The third-order valence-corrected chi connectivity index (χ3v) is 12.1. The molecule has 0 bridgehead atoms. The molecule has 0 aromatic heterocycles. The van der Waals surface area contributed by atoms with E-state index in [1.807, 2.05) is 20.8 Å². The largest absolute Gasteiger partial charge is 0.512 e. The molecule has 10 nitrogen and oxygen atoms in total. The molecule has 10 heteroatoms. The number of ketones is 2. The Morgan fingerprint density at radius 3 is 2.29 bits per heavy atom. The molecule has 1 fully saturated rings. The Morgan fingerprint density at radius 2 is 1.62 bits per heavy atom. The smallest absolute Gasteiger partial charge is 0.189 e. The number of benzene rings is 2. The molecule has 0 saturated heterocycles. The second-order valence-corrected chi connectivity index (χ2v) is 16.2. The van der Waals surface area contributed by atoms with Gasteiger partial charge in [-0.25, -0.2) is 0 Å². The maximum absolute atomic E-state index is 15.4. The van der Waals surface area contributed by atoms with E-state index in [9.17, 15) is 40.5 Å². The van der Waals surface area contributed by atoms with Crippen LogP contribution in [0.4, 0.5) is 0 Å². The number of aliphatic hydroxyl groups excluding tert-OH is 2. The number of hydrogen-bond acceptors (Lipinski definition) is 10. The van der Waals surface area contributed by atoms with E-state index in [1.165, 1.54) is 43.3 Å². The third kappa shape index (κ3) is 4.63. The number of carbonyl (C=O) groups excluding carboxylic acids is 2. The second kappa shape index (κ2) is 11.0. The van der Waals surface area contributed by atoms with E-state index >= 15 is 4.79 Å². The Hall–Kier alpha value is -5.06. The molecule has 5 aliphatic rings. The lowest BCUT2D eigenvalue weighted by Gasteiger charge is -2.63. The maximum atomic E-state index is 15.4. The SMILES string of the molecule is CC1=CC(c2c(O)ccc(C(=O)/C=C/c3ccc(O)cc3O)c2O)C2C(=O)C3(C)C(O)=C4C=CC(C)(C)OC4(C)C4=C3C(C)(C(O)=CC4(C)O)C2C1. The fraction of sp³-hybridized carbons (Fsp3) is 0.381. The lowest BCUT2D eigenvalue weighted by atomic mass is 9.40. The summed E-state index contributed by atoms with van der Waals surface area (Å²) in [6.45, 7) is 12.3. The molecule has 52 heavy (non-hydrogen) atoms. The van der Waals surface area contributed by atoms with E-state index in [1.54, 1.807) is 39.0 Å². The Kier molecular flexibility index (Phi) is 7.46. The van der Waals surface area contributed by atoms with Gasteiger partial charge in [-0.3, -0.25) is 9.59 Å². The van der Waals surface area contributed by atoms with Crippen molar-refractivity contribution in [1.29, 1.82) is 0 Å². The van der Waals surface area contributed by atoms with Crippen LogP contribution in [0.5, 0.6) is 23.0 Å². The summed E-state index contributed by atoms with van der Waals surface area (Å²) in [6.07, 6.45) is 9.45. The van der Waals surface area contributed by atoms with Crippen molar-refractivity contribution in [3.63, 3.8) is 0 Å². The van der Waals surface area contributed by atoms with E-state index < -0.39 is 62.7 Å². The molecule has 1 heterocycles. The van der Waals surface area contributed by atoms with Crippen molar-refractivity contribution in [2.24, 2.45) is 22.7 Å². The molecule has 1 saturated carbocycles. The van der Waals surface area contributed by atoms with Crippen LogP contribution >= 0.6 is 0 Å². The number of rotatable bonds is 4. The fourth-order valence-electron chi connectivity index (χ4n) is 9.93. The van der Waals surface area contributed by atoms with E-state index in [-0.39, 0.29) is 45.5 Å². The van der Waals surface area contributed by atoms with Gasteiger partial charge in [0.15, 0.2) is 11.6 Å². The maximum Gasteiger partial charge on any atom is 0.189 e. The highest BCUT2D eigenvalue weighted by Gasteiger charge is 2.71. The van der Waals surface area contributed by atoms with Gasteiger partial charge in [-0.2, -0.15) is 0 Å². The van der Waals surface area contributed by atoms with Gasteiger partial charge in [0.1, 0.15) is 51.1 Å². The lowest BCUT2D eigenvalue weighted by Crippen LogP contribution is -2.65. The minimum atomic E-state index is -1.77. The average molecular weight is 709 g/mol. The van der Waals surface area contributed by atoms with E-state index in [0.29, 0.717) is 23.1 Å². The van der Waals surface area contributed by atoms with Gasteiger partial charge in [0.25, 0.3) is 0 Å². The van der Waals surface area contributed by atoms with Gasteiger partial charge < -0.3 is 40.5 Å². The lowest BCUT2D eigenvalue weighted by molar-refractivity contribution is -0.143. The normalized spacial score (nSPS) is 34.8. The molecule has 7 atom stereocenters. The first-order valence-corrected chi connectivity index (χ1v) is 17.3. The van der Waals surface area contributed by atoms with Crippen LogP contribution in [0, 0.1) is 22.7 Å². The topological polar surface area (TPSA) is 185 Å². The summed E-state index contributed by atoms with van der Waals surface area (Å²) in [5, 5.41) is 79.3. The van der Waals surface area contributed by atoms with Crippen LogP contribution in [-0.2, 0) is 9.53 Å². The monoisotopic (exact) mass is 708 g/mol. The molecule has 272 valence electrons. The molecule has 7 rings (SSSR count). The van der Waals surface area contributed by atoms with Crippen molar-refractivity contribution in [3.8, 4) is 23.0 Å². The van der Waals surface area contributed by atoms with Crippen LogP contribution < -0.4 is 0 Å². The van der Waals surface area contributed by atoms with Crippen molar-refractivity contribution >= 4 is 17.6 Å². The van der Waals surface area contributed by atoms with Crippen LogP contribution in [0.1, 0.15) is 82.3 Å². The summed E-state index contributed by atoms with van der Waals surface area (Å²) in [5.41, 5.74) is -5.20. The summed E-state index contributed by atoms with van der Waals surface area (Å²) in [5.74, 6) is -5.57. The van der Waals surface area contributed by atoms with Gasteiger partial charge in [0.05, 0.1) is 16.6 Å². The van der Waals surface area contributed by atoms with Crippen molar-refractivity contribution in [1.82, 2.24) is 0 Å². The zero-order valence-electron chi connectivity index (χ0n) is 30.1. The molecule has 7 unspecified atom stereocenters. The third-order valence-electron chi connectivity index (χ3n) is 12.1. The number of fused-ring (bicyclic) bond motifs is 4. The minimum Gasteiger partial charge on any atom is -0.512 e. The second-order valence-electron chi connectivity index (χ2n) is 16.2. The molecule has 1 aliphatic heterocycles. The zero-order valence-corrected chi connectivity index (χ0v) is 30.1. The number of Topliss-reactive ketones (excluding diaryl/α,β-unsaturated/α-hetero) is 1. The molecule has 2 aromatic rings. The number of phenolic OH excluding ortho intramolecular Hbond substituents is 4. The molecule has 4 aliphatic carbocycles. The predicted molar refractivity (Wildman–Crippen MR) is 193 cm³/mol. The summed E-state index contributed by atoms with van der Waals surface area (Å²) in [4.78, 5) is 28.9. The first-order valence-electron chi connectivity index (χ1n) is 17.3. The highest BCUT2D eigenvalue weighted by atomic mass is 16.5. The van der Waals surface area contributed by atoms with Crippen LogP contribution in [-0.4, -0.2) is 64.1 Å². The number of hydrogen-bond donors (Lipinski definition) is 7. The predicted octanol–water partition coefficient (Wildman–Crippen LogP) is 7.12. The molecular weight excluding hydrogens is 664 g/mol. The number of allylic oxidation sites excluding steroid dienone is 5. The Balaban J connectivity index is 1.42. The Bertz CT molecular complexity index is 2180. The van der Waals surface area contributed by atoms with Gasteiger partial charge in [-0.1, -0.05) is 23.8 Å². The standard InChI is InChI=1S/C42H44O10/c1-20-16-24(32-28(45)13-11-23(33(32)48)27(44)12-9-21-8-10-22(43)18-29(21)46)31-26(17-20)40(5)30(47)19-39(4,51)34-35(40)41(6,37(31)50)36(49)25-14-15-38(2,3)52-42(25,34)7/h8-16,18-19,24,26,31,43,45-49,51H,17H2,1-7H3/b12-9+. The van der Waals surface area contributed by atoms with Gasteiger partial charge in [-0.05, 0) is 109 Å². The Labute approximate surface area is 301 Å². The van der Waals surface area contributed by atoms with E-state index in [0.717, 1.165) is 17.7 Å². The van der Waals surface area contributed by atoms with Crippen LogP contribution in [0.15, 0.2) is 94.5 Å². The van der Waals surface area contributed by atoms with E-state index in [4.69, 9.17) is 4.74 Å². The van der Waals surface area contributed by atoms with E-state index in [2.05, 4.69) is 0 Å². The highest BCUT2D eigenvalue weighted by Crippen LogP contribution is 2.71. The van der Waals surface area contributed by atoms with Crippen molar-refractivity contribution < 1.29 is 50.1 Å². The van der Waals surface area contributed by atoms with Crippen LogP contribution in [0.25, 0.3) is 6.08 Å². The van der Waals surface area contributed by atoms with Gasteiger partial charge >= 0.3 is 0 Å². The molecule has 7 N–H and O–H groups in total. The summed E-state index contributed by atoms with van der Waals surface area (Å²) >= 11 is 0. The van der Waals surface area contributed by atoms with Gasteiger partial charge in [0, 0.05) is 40.2 Å². The highest BCUT2D eigenvalue weighted by molar-refractivity contribution is 6.09. The number of aromatic hydroxyl groups is 4. The van der Waals surface area contributed by atoms with Crippen molar-refractivity contribution in [2.75, 3.05) is 0 Å². The summed E-state index contributed by atoms with van der Waals surface area (Å²) in [6, 6.07) is 6.42. The van der Waals surface area contributed by atoms with Crippen molar-refractivity contribution in [3.05, 3.63) is 111 Å². The molecule has 0 spiro atoms. The first kappa shape index (κ1) is 35.3. The summed E-state index contributed by atoms with van der Waals surface area (Å²) < 4.78 is 6.66. The van der Waals surface area contributed by atoms with Crippen molar-refractivity contribution in [2.45, 2.75) is 77.6 Å². The zero-order chi connectivity index (χ0) is 38.1. The van der Waals surface area contributed by atoms with Crippen LogP contribution in [0.2, 0.25) is 0 Å². The molecule has 0 amide bonds. The first-order chi connectivity index (χ1) is 24.1. The number of ether oxygens (including phenoxy) is 1. The molecule has 0 radical (unpaired) electrons. The number of aliphatic hydroxyl groups is 3.